The Morgan fingerprint density at radius 3 is 3.00 bits per heavy atom. The molecule has 0 radical (unpaired) electrons. The maximum absolute atomic E-state index is 9.14. The molecule has 6 nitrogen and oxygen atoms in total. The van der Waals surface area contributed by atoms with Gasteiger partial charge in [0.05, 0.1) is 24.9 Å². The molecule has 0 saturated carbocycles. The Morgan fingerprint density at radius 1 is 1.44 bits per heavy atom. The van der Waals surface area contributed by atoms with Crippen molar-refractivity contribution < 1.29 is 9.84 Å². The van der Waals surface area contributed by atoms with Gasteiger partial charge in [0, 0.05) is 5.39 Å². The van der Waals surface area contributed by atoms with Crippen molar-refractivity contribution in [2.75, 3.05) is 12.8 Å². The van der Waals surface area contributed by atoms with Crippen molar-refractivity contribution in [3.63, 3.8) is 0 Å². The molecule has 0 bridgehead atoms. The molecule has 92 valence electrons. The highest BCUT2D eigenvalue weighted by atomic mass is 16.5. The molecule has 1 aromatic carbocycles. The Morgan fingerprint density at radius 2 is 2.28 bits per heavy atom. The number of nitrogens with zero attached hydrogens (tertiary/aromatic N) is 3. The number of para-hydroxylation sites is 1. The van der Waals surface area contributed by atoms with Crippen LogP contribution >= 0.6 is 0 Å². The Hall–Kier alpha value is -2.34. The highest BCUT2D eigenvalue weighted by Crippen LogP contribution is 2.28. The first-order valence-corrected chi connectivity index (χ1v) is 5.46. The monoisotopic (exact) mass is 244 g/mol. The Bertz CT molecular complexity index is 736. The fourth-order valence-electron chi connectivity index (χ4n) is 2.04. The molecule has 0 aliphatic carbocycles. The fraction of sp³-hybridized carbons (Fsp3) is 0.167. The van der Waals surface area contributed by atoms with Crippen molar-refractivity contribution in [3.05, 3.63) is 30.0 Å². The number of nitrogen functional groups attached to an aromatic ring is 1. The Kier molecular flexibility index (Phi) is 2.31. The summed E-state index contributed by atoms with van der Waals surface area (Å²) in [5, 5.41) is 14.2. The Labute approximate surface area is 103 Å². The van der Waals surface area contributed by atoms with Gasteiger partial charge in [0.1, 0.15) is 11.3 Å². The van der Waals surface area contributed by atoms with Crippen LogP contribution in [0.5, 0.6) is 5.75 Å². The first-order valence-electron chi connectivity index (χ1n) is 5.46. The quantitative estimate of drug-likeness (QED) is 0.701. The van der Waals surface area contributed by atoms with Crippen LogP contribution in [0.3, 0.4) is 0 Å². The van der Waals surface area contributed by atoms with Crippen molar-refractivity contribution in [1.29, 1.82) is 0 Å². The SMILES string of the molecule is COc1cccc2c1nc(N)n1nc(CO)cc21. The second kappa shape index (κ2) is 3.85. The van der Waals surface area contributed by atoms with E-state index >= 15 is 0 Å². The number of aromatic nitrogens is 3. The molecule has 0 aliphatic heterocycles. The maximum Gasteiger partial charge on any atom is 0.222 e. The van der Waals surface area contributed by atoms with Crippen LogP contribution in [-0.2, 0) is 6.61 Å². The molecule has 3 aromatic rings. The predicted octanol–water partition coefficient (Wildman–Crippen LogP) is 0.966. The molecule has 0 spiro atoms. The number of aliphatic hydroxyl groups excluding tert-OH is 1. The first kappa shape index (κ1) is 10.8. The number of aliphatic hydroxyl groups is 1. The van der Waals surface area contributed by atoms with Gasteiger partial charge in [-0.3, -0.25) is 0 Å². The van der Waals surface area contributed by atoms with Crippen LogP contribution in [0, 0.1) is 0 Å². The number of ether oxygens (including phenoxy) is 1. The molecule has 3 N–H and O–H groups in total. The van der Waals surface area contributed by atoms with Crippen LogP contribution in [0.25, 0.3) is 16.4 Å². The van der Waals surface area contributed by atoms with E-state index < -0.39 is 0 Å². The lowest BCUT2D eigenvalue weighted by atomic mass is 10.2. The lowest BCUT2D eigenvalue weighted by Crippen LogP contribution is -2.03. The van der Waals surface area contributed by atoms with E-state index in [-0.39, 0.29) is 12.6 Å². The van der Waals surface area contributed by atoms with E-state index in [2.05, 4.69) is 10.1 Å². The van der Waals surface area contributed by atoms with Crippen molar-refractivity contribution in [1.82, 2.24) is 14.6 Å². The van der Waals surface area contributed by atoms with Gasteiger partial charge in [0.15, 0.2) is 0 Å². The Balaban J connectivity index is 2.49. The molecule has 3 rings (SSSR count). The third-order valence-corrected chi connectivity index (χ3v) is 2.86. The predicted molar refractivity (Wildman–Crippen MR) is 67.4 cm³/mol. The number of hydrogen-bond donors (Lipinski definition) is 2. The highest BCUT2D eigenvalue weighted by molar-refractivity contribution is 5.97. The molecule has 0 saturated heterocycles. The minimum atomic E-state index is -0.132. The summed E-state index contributed by atoms with van der Waals surface area (Å²) >= 11 is 0. The summed E-state index contributed by atoms with van der Waals surface area (Å²) < 4.78 is 6.79. The second-order valence-electron chi connectivity index (χ2n) is 3.92. The summed E-state index contributed by atoms with van der Waals surface area (Å²) in [6.45, 7) is -0.132. The highest BCUT2D eigenvalue weighted by Gasteiger charge is 2.12. The van der Waals surface area contributed by atoms with E-state index in [9.17, 15) is 0 Å². The largest absolute Gasteiger partial charge is 0.494 e. The topological polar surface area (TPSA) is 85.7 Å². The molecule has 6 heteroatoms. The number of methoxy groups -OCH3 is 1. The van der Waals surface area contributed by atoms with E-state index in [4.69, 9.17) is 15.6 Å². The van der Waals surface area contributed by atoms with Crippen LogP contribution in [0.15, 0.2) is 24.3 Å². The molecule has 2 heterocycles. The molecule has 2 aromatic heterocycles. The summed E-state index contributed by atoms with van der Waals surface area (Å²) in [6, 6.07) is 7.42. The maximum atomic E-state index is 9.14. The molecular weight excluding hydrogens is 232 g/mol. The van der Waals surface area contributed by atoms with E-state index in [1.54, 1.807) is 13.2 Å². The van der Waals surface area contributed by atoms with Gasteiger partial charge in [0.25, 0.3) is 0 Å². The van der Waals surface area contributed by atoms with Crippen LogP contribution < -0.4 is 10.5 Å². The number of benzene rings is 1. The summed E-state index contributed by atoms with van der Waals surface area (Å²) in [6.07, 6.45) is 0. The fourth-order valence-corrected chi connectivity index (χ4v) is 2.04. The summed E-state index contributed by atoms with van der Waals surface area (Å²) in [5.74, 6) is 0.926. The summed E-state index contributed by atoms with van der Waals surface area (Å²) in [7, 11) is 1.59. The van der Waals surface area contributed by atoms with Crippen molar-refractivity contribution in [2.24, 2.45) is 0 Å². The van der Waals surface area contributed by atoms with Crippen molar-refractivity contribution in [3.8, 4) is 5.75 Å². The molecule has 18 heavy (non-hydrogen) atoms. The molecule has 0 amide bonds. The summed E-state index contributed by atoms with van der Waals surface area (Å²) in [5.41, 5.74) is 7.92. The second-order valence-corrected chi connectivity index (χ2v) is 3.92. The lowest BCUT2D eigenvalue weighted by Gasteiger charge is -2.07. The number of nitrogens with two attached hydrogens (primary N) is 1. The number of fused-ring (bicyclic) bond motifs is 3. The zero-order chi connectivity index (χ0) is 12.7. The van der Waals surface area contributed by atoms with Crippen LogP contribution in [0.1, 0.15) is 5.69 Å². The van der Waals surface area contributed by atoms with Gasteiger partial charge >= 0.3 is 0 Å². The van der Waals surface area contributed by atoms with E-state index in [1.165, 1.54) is 4.52 Å². The minimum absolute atomic E-state index is 0.132. The normalized spacial score (nSPS) is 11.2. The number of rotatable bonds is 2. The zero-order valence-electron chi connectivity index (χ0n) is 9.79. The van der Waals surface area contributed by atoms with E-state index in [0.717, 1.165) is 10.9 Å². The summed E-state index contributed by atoms with van der Waals surface area (Å²) in [4.78, 5) is 4.29. The van der Waals surface area contributed by atoms with E-state index in [1.807, 2.05) is 18.2 Å². The van der Waals surface area contributed by atoms with Gasteiger partial charge < -0.3 is 15.6 Å². The van der Waals surface area contributed by atoms with Crippen LogP contribution in [0.2, 0.25) is 0 Å². The molecule has 0 atom stereocenters. The third kappa shape index (κ3) is 1.39. The average molecular weight is 244 g/mol. The van der Waals surface area contributed by atoms with Crippen molar-refractivity contribution in [2.45, 2.75) is 6.61 Å². The molecular formula is C12H12N4O2. The zero-order valence-corrected chi connectivity index (χ0v) is 9.79. The van der Waals surface area contributed by atoms with Gasteiger partial charge in [-0.1, -0.05) is 12.1 Å². The van der Waals surface area contributed by atoms with Gasteiger partial charge in [-0.15, -0.1) is 0 Å². The minimum Gasteiger partial charge on any atom is -0.494 e. The van der Waals surface area contributed by atoms with Crippen LogP contribution in [-0.4, -0.2) is 26.8 Å². The molecule has 0 unspecified atom stereocenters. The smallest absolute Gasteiger partial charge is 0.222 e. The van der Waals surface area contributed by atoms with E-state index in [0.29, 0.717) is 17.0 Å². The van der Waals surface area contributed by atoms with Crippen molar-refractivity contribution >= 4 is 22.4 Å². The third-order valence-electron chi connectivity index (χ3n) is 2.86. The molecule has 0 fully saturated rings. The van der Waals surface area contributed by atoms with Gasteiger partial charge in [-0.05, 0) is 12.1 Å². The number of anilines is 1. The van der Waals surface area contributed by atoms with Gasteiger partial charge in [-0.25, -0.2) is 4.98 Å². The molecule has 0 aliphatic rings. The lowest BCUT2D eigenvalue weighted by molar-refractivity contribution is 0.276. The average Bonchev–Trinajstić information content (AvgIpc) is 2.83. The van der Waals surface area contributed by atoms with Crippen LogP contribution in [0.4, 0.5) is 5.95 Å². The standard InChI is InChI=1S/C12H12N4O2/c1-18-10-4-2-3-8-9-5-7(6-17)15-16(9)12(13)14-11(8)10/h2-5,17H,6H2,1H3,(H2,13,14). The number of hydrogen-bond acceptors (Lipinski definition) is 5. The van der Waals surface area contributed by atoms with Gasteiger partial charge in [-0.2, -0.15) is 9.61 Å². The van der Waals surface area contributed by atoms with Gasteiger partial charge in [0.2, 0.25) is 5.95 Å². The first-order chi connectivity index (χ1) is 8.74.